The van der Waals surface area contributed by atoms with E-state index in [2.05, 4.69) is 76.3 Å². The maximum atomic E-state index is 4.49. The van der Waals surface area contributed by atoms with Gasteiger partial charge in [-0.1, -0.05) is 48.5 Å². The SMILES string of the molecule is CCCNc1ncnc(Sc2ccc(Br)cc2)c1C(C)C. The third-order valence-electron chi connectivity index (χ3n) is 3.00. The first kappa shape index (κ1) is 16.3. The van der Waals surface area contributed by atoms with E-state index in [1.807, 2.05) is 0 Å². The molecule has 1 aromatic heterocycles. The van der Waals surface area contributed by atoms with Crippen LogP contribution in [0.2, 0.25) is 0 Å². The Hall–Kier alpha value is -1.07. The average Bonchev–Trinajstić information content (AvgIpc) is 2.47. The highest BCUT2D eigenvalue weighted by Crippen LogP contribution is 2.35. The van der Waals surface area contributed by atoms with Crippen molar-refractivity contribution in [3.8, 4) is 0 Å². The van der Waals surface area contributed by atoms with Gasteiger partial charge >= 0.3 is 0 Å². The van der Waals surface area contributed by atoms with Crippen molar-refractivity contribution < 1.29 is 0 Å². The molecule has 2 aromatic rings. The second kappa shape index (κ2) is 7.80. The maximum Gasteiger partial charge on any atom is 0.134 e. The van der Waals surface area contributed by atoms with Gasteiger partial charge < -0.3 is 5.32 Å². The molecule has 21 heavy (non-hydrogen) atoms. The van der Waals surface area contributed by atoms with E-state index in [1.165, 1.54) is 10.5 Å². The number of nitrogens with zero attached hydrogens (tertiary/aromatic N) is 2. The quantitative estimate of drug-likeness (QED) is 0.701. The van der Waals surface area contributed by atoms with Crippen molar-refractivity contribution in [2.24, 2.45) is 0 Å². The summed E-state index contributed by atoms with van der Waals surface area (Å²) in [5, 5.41) is 4.44. The molecule has 0 aliphatic heterocycles. The van der Waals surface area contributed by atoms with Crippen molar-refractivity contribution >= 4 is 33.5 Å². The molecular formula is C16H20BrN3S. The van der Waals surface area contributed by atoms with Gasteiger partial charge in [-0.15, -0.1) is 0 Å². The molecule has 0 bridgehead atoms. The first-order valence-corrected chi connectivity index (χ1v) is 8.75. The first-order valence-electron chi connectivity index (χ1n) is 7.14. The van der Waals surface area contributed by atoms with Crippen LogP contribution in [0.4, 0.5) is 5.82 Å². The first-order chi connectivity index (χ1) is 10.1. The van der Waals surface area contributed by atoms with Gasteiger partial charge in [0.1, 0.15) is 17.2 Å². The molecule has 0 atom stereocenters. The number of benzene rings is 1. The van der Waals surface area contributed by atoms with Crippen LogP contribution in [0.15, 0.2) is 45.0 Å². The fourth-order valence-electron chi connectivity index (χ4n) is 1.98. The van der Waals surface area contributed by atoms with E-state index in [1.54, 1.807) is 18.1 Å². The fourth-order valence-corrected chi connectivity index (χ4v) is 3.28. The molecular weight excluding hydrogens is 346 g/mol. The minimum atomic E-state index is 0.378. The number of halogens is 1. The highest BCUT2D eigenvalue weighted by molar-refractivity contribution is 9.10. The molecule has 0 aliphatic carbocycles. The average molecular weight is 366 g/mol. The van der Waals surface area contributed by atoms with E-state index in [9.17, 15) is 0 Å². The Morgan fingerprint density at radius 2 is 1.90 bits per heavy atom. The Morgan fingerprint density at radius 1 is 1.19 bits per heavy atom. The third-order valence-corrected chi connectivity index (χ3v) is 4.55. The summed E-state index contributed by atoms with van der Waals surface area (Å²) < 4.78 is 1.09. The molecule has 0 aliphatic rings. The maximum absolute atomic E-state index is 4.49. The molecule has 1 heterocycles. The summed E-state index contributed by atoms with van der Waals surface area (Å²) in [7, 11) is 0. The van der Waals surface area contributed by atoms with Crippen molar-refractivity contribution in [1.82, 2.24) is 9.97 Å². The number of rotatable bonds is 6. The molecule has 0 amide bonds. The standard InChI is InChI=1S/C16H20BrN3S/c1-4-9-18-15-14(11(2)3)16(20-10-19-15)21-13-7-5-12(17)6-8-13/h5-8,10-11H,4,9H2,1-3H3,(H,18,19,20). The van der Waals surface area contributed by atoms with Crippen molar-refractivity contribution in [3.63, 3.8) is 0 Å². The van der Waals surface area contributed by atoms with Crippen molar-refractivity contribution in [1.29, 1.82) is 0 Å². The normalized spacial score (nSPS) is 10.9. The number of anilines is 1. The zero-order chi connectivity index (χ0) is 15.2. The zero-order valence-corrected chi connectivity index (χ0v) is 15.0. The fraction of sp³-hybridized carbons (Fsp3) is 0.375. The van der Waals surface area contributed by atoms with Crippen LogP contribution in [0.3, 0.4) is 0 Å². The van der Waals surface area contributed by atoms with Gasteiger partial charge in [0.05, 0.1) is 0 Å². The number of hydrogen-bond donors (Lipinski definition) is 1. The minimum absolute atomic E-state index is 0.378. The summed E-state index contributed by atoms with van der Waals surface area (Å²) >= 11 is 5.15. The highest BCUT2D eigenvalue weighted by atomic mass is 79.9. The molecule has 3 nitrogen and oxygen atoms in total. The van der Waals surface area contributed by atoms with E-state index >= 15 is 0 Å². The van der Waals surface area contributed by atoms with Gasteiger partial charge in [-0.2, -0.15) is 0 Å². The molecule has 0 saturated heterocycles. The summed E-state index contributed by atoms with van der Waals surface area (Å²) in [4.78, 5) is 10.1. The van der Waals surface area contributed by atoms with Crippen LogP contribution in [-0.2, 0) is 0 Å². The van der Waals surface area contributed by atoms with Crippen LogP contribution >= 0.6 is 27.7 Å². The summed E-state index contributed by atoms with van der Waals surface area (Å²) in [6.45, 7) is 7.45. The van der Waals surface area contributed by atoms with Crippen LogP contribution < -0.4 is 5.32 Å². The van der Waals surface area contributed by atoms with Crippen LogP contribution in [-0.4, -0.2) is 16.5 Å². The molecule has 0 spiro atoms. The molecule has 0 saturated carbocycles. The highest BCUT2D eigenvalue weighted by Gasteiger charge is 2.15. The molecule has 0 radical (unpaired) electrons. The minimum Gasteiger partial charge on any atom is -0.370 e. The van der Waals surface area contributed by atoms with Gasteiger partial charge in [-0.05, 0) is 36.6 Å². The Balaban J connectivity index is 2.31. The second-order valence-corrected chi connectivity index (χ2v) is 7.06. The van der Waals surface area contributed by atoms with Gasteiger partial charge in [0.25, 0.3) is 0 Å². The van der Waals surface area contributed by atoms with E-state index in [0.29, 0.717) is 5.92 Å². The smallest absolute Gasteiger partial charge is 0.134 e. The molecule has 1 aromatic carbocycles. The third kappa shape index (κ3) is 4.45. The van der Waals surface area contributed by atoms with E-state index < -0.39 is 0 Å². The summed E-state index contributed by atoms with van der Waals surface area (Å²) in [6.07, 6.45) is 2.72. The topological polar surface area (TPSA) is 37.8 Å². The van der Waals surface area contributed by atoms with E-state index in [4.69, 9.17) is 0 Å². The number of hydrogen-bond acceptors (Lipinski definition) is 4. The Labute approximate surface area is 139 Å². The molecule has 2 rings (SSSR count). The lowest BCUT2D eigenvalue weighted by Crippen LogP contribution is -2.08. The van der Waals surface area contributed by atoms with Crippen molar-refractivity contribution in [2.75, 3.05) is 11.9 Å². The monoisotopic (exact) mass is 365 g/mol. The molecule has 0 fully saturated rings. The molecule has 5 heteroatoms. The van der Waals surface area contributed by atoms with Crippen LogP contribution in [0.5, 0.6) is 0 Å². The van der Waals surface area contributed by atoms with Crippen LogP contribution in [0.1, 0.15) is 38.7 Å². The molecule has 1 N–H and O–H groups in total. The molecule has 0 unspecified atom stereocenters. The van der Waals surface area contributed by atoms with E-state index in [-0.39, 0.29) is 0 Å². The number of nitrogens with one attached hydrogen (secondary N) is 1. The van der Waals surface area contributed by atoms with Gasteiger partial charge in [-0.3, -0.25) is 0 Å². The Bertz CT molecular complexity index is 585. The lowest BCUT2D eigenvalue weighted by Gasteiger charge is -2.16. The predicted octanol–water partition coefficient (Wildman–Crippen LogP) is 5.34. The lowest BCUT2D eigenvalue weighted by molar-refractivity contribution is 0.800. The van der Waals surface area contributed by atoms with Crippen LogP contribution in [0, 0.1) is 0 Å². The second-order valence-electron chi connectivity index (χ2n) is 5.08. The van der Waals surface area contributed by atoms with E-state index in [0.717, 1.165) is 28.3 Å². The van der Waals surface area contributed by atoms with Crippen LogP contribution in [0.25, 0.3) is 0 Å². The van der Waals surface area contributed by atoms with Crippen molar-refractivity contribution in [3.05, 3.63) is 40.6 Å². The predicted molar refractivity (Wildman–Crippen MR) is 93.2 cm³/mol. The Morgan fingerprint density at radius 3 is 2.52 bits per heavy atom. The van der Waals surface area contributed by atoms with Gasteiger partial charge in [0, 0.05) is 21.5 Å². The summed E-state index contributed by atoms with van der Waals surface area (Å²) in [6, 6.07) is 8.30. The van der Waals surface area contributed by atoms with Crippen molar-refractivity contribution in [2.45, 2.75) is 43.0 Å². The van der Waals surface area contributed by atoms with Gasteiger partial charge in [0.2, 0.25) is 0 Å². The largest absolute Gasteiger partial charge is 0.370 e. The zero-order valence-electron chi connectivity index (χ0n) is 12.6. The van der Waals surface area contributed by atoms with Gasteiger partial charge in [-0.25, -0.2) is 9.97 Å². The lowest BCUT2D eigenvalue weighted by atomic mass is 10.1. The van der Waals surface area contributed by atoms with Gasteiger partial charge in [0.15, 0.2) is 0 Å². The Kier molecular flexibility index (Phi) is 6.06. The molecule has 112 valence electrons. The summed E-state index contributed by atoms with van der Waals surface area (Å²) in [5.74, 6) is 1.34. The summed E-state index contributed by atoms with van der Waals surface area (Å²) in [5.41, 5.74) is 1.19. The number of aromatic nitrogens is 2.